The molecule has 0 bridgehead atoms. The number of halogens is 2. The lowest BCUT2D eigenvalue weighted by Crippen LogP contribution is -2.30. The Morgan fingerprint density at radius 3 is 2.90 bits per heavy atom. The van der Waals surface area contributed by atoms with Crippen molar-refractivity contribution in [2.75, 3.05) is 5.32 Å². The Morgan fingerprint density at radius 1 is 1.55 bits per heavy atom. The molecule has 1 aromatic heterocycles. The molecule has 106 valence electrons. The molecule has 0 radical (unpaired) electrons. The van der Waals surface area contributed by atoms with Crippen LogP contribution in [0.25, 0.3) is 0 Å². The number of carbonyl (C=O) groups excluding carboxylic acids is 1. The average Bonchev–Trinajstić information content (AvgIpc) is 2.78. The number of rotatable bonds is 4. The molecule has 1 atom stereocenters. The summed E-state index contributed by atoms with van der Waals surface area (Å²) in [4.78, 5) is 16.9. The quantitative estimate of drug-likeness (QED) is 0.937. The van der Waals surface area contributed by atoms with Crippen molar-refractivity contribution in [3.8, 4) is 5.75 Å². The minimum atomic E-state index is -0.776. The number of nitrogens with one attached hydrogen (secondary N) is 1. The topological polar surface area (TPSA) is 51.2 Å². The highest BCUT2D eigenvalue weighted by Gasteiger charge is 2.17. The van der Waals surface area contributed by atoms with Gasteiger partial charge in [0.25, 0.3) is 5.91 Å². The van der Waals surface area contributed by atoms with Gasteiger partial charge >= 0.3 is 0 Å². The molecule has 0 saturated carbocycles. The minimum Gasteiger partial charge on any atom is -0.479 e. The molecule has 2 rings (SSSR count). The number of ether oxygens (including phenoxy) is 1. The molecule has 0 aliphatic rings. The molecule has 0 saturated heterocycles. The summed E-state index contributed by atoms with van der Waals surface area (Å²) in [6, 6.07) is 3.73. The predicted molar refractivity (Wildman–Crippen MR) is 77.0 cm³/mol. The fourth-order valence-electron chi connectivity index (χ4n) is 1.43. The van der Waals surface area contributed by atoms with Crippen molar-refractivity contribution in [3.05, 3.63) is 40.1 Å². The summed E-state index contributed by atoms with van der Waals surface area (Å²) in [6.07, 6.45) is 0.894. The van der Waals surface area contributed by atoms with Gasteiger partial charge in [-0.1, -0.05) is 11.6 Å². The zero-order chi connectivity index (χ0) is 14.7. The lowest BCUT2D eigenvalue weighted by Gasteiger charge is -2.14. The molecule has 4 nitrogen and oxygen atoms in total. The van der Waals surface area contributed by atoms with Crippen LogP contribution in [0, 0.1) is 12.7 Å². The van der Waals surface area contributed by atoms with Gasteiger partial charge in [-0.25, -0.2) is 9.37 Å². The summed E-state index contributed by atoms with van der Waals surface area (Å²) < 4.78 is 18.3. The zero-order valence-corrected chi connectivity index (χ0v) is 12.4. The van der Waals surface area contributed by atoms with Gasteiger partial charge in [0.1, 0.15) is 11.6 Å². The average molecular weight is 315 g/mol. The lowest BCUT2D eigenvalue weighted by atomic mass is 10.3. The molecule has 1 heterocycles. The Labute approximate surface area is 124 Å². The second-order valence-electron chi connectivity index (χ2n) is 4.10. The van der Waals surface area contributed by atoms with Crippen molar-refractivity contribution in [3.63, 3.8) is 0 Å². The van der Waals surface area contributed by atoms with Crippen LogP contribution in [-0.2, 0) is 4.79 Å². The van der Waals surface area contributed by atoms with Crippen LogP contribution >= 0.6 is 22.9 Å². The summed E-state index contributed by atoms with van der Waals surface area (Å²) in [5.74, 6) is -0.552. The summed E-state index contributed by atoms with van der Waals surface area (Å²) >= 11 is 7.21. The molecule has 1 unspecified atom stereocenters. The molecule has 1 aromatic carbocycles. The van der Waals surface area contributed by atoms with Crippen molar-refractivity contribution < 1.29 is 13.9 Å². The van der Waals surface area contributed by atoms with E-state index < -0.39 is 11.9 Å². The third-order valence-corrected chi connectivity index (χ3v) is 3.54. The highest BCUT2D eigenvalue weighted by atomic mass is 35.5. The molecule has 0 aliphatic carbocycles. The van der Waals surface area contributed by atoms with Crippen LogP contribution in [0.1, 0.15) is 11.8 Å². The first-order valence-electron chi connectivity index (χ1n) is 5.80. The van der Waals surface area contributed by atoms with E-state index in [-0.39, 0.29) is 16.7 Å². The minimum absolute atomic E-state index is 0.120. The molecule has 2 aromatic rings. The Morgan fingerprint density at radius 2 is 2.30 bits per heavy atom. The van der Waals surface area contributed by atoms with Gasteiger partial charge in [0.2, 0.25) is 0 Å². The monoisotopic (exact) mass is 314 g/mol. The largest absolute Gasteiger partial charge is 0.479 e. The van der Waals surface area contributed by atoms with Crippen molar-refractivity contribution in [1.82, 2.24) is 4.98 Å². The number of aryl methyl sites for hydroxylation is 1. The van der Waals surface area contributed by atoms with Crippen molar-refractivity contribution in [2.45, 2.75) is 20.0 Å². The number of anilines is 1. The van der Waals surface area contributed by atoms with Crippen LogP contribution in [0.4, 0.5) is 9.52 Å². The first-order valence-corrected chi connectivity index (χ1v) is 7.00. The highest BCUT2D eigenvalue weighted by Crippen LogP contribution is 2.26. The number of amides is 1. The fourth-order valence-corrected chi connectivity index (χ4v) is 2.31. The maximum absolute atomic E-state index is 12.9. The first-order chi connectivity index (χ1) is 9.45. The van der Waals surface area contributed by atoms with Gasteiger partial charge in [-0.2, -0.15) is 0 Å². The van der Waals surface area contributed by atoms with Crippen LogP contribution in [0.15, 0.2) is 24.4 Å². The number of hydrogen-bond donors (Lipinski definition) is 1. The van der Waals surface area contributed by atoms with Gasteiger partial charge in [-0.05, 0) is 32.0 Å². The normalized spacial score (nSPS) is 12.0. The molecule has 7 heteroatoms. The Hall–Kier alpha value is -1.66. The Kier molecular flexibility index (Phi) is 4.57. The first kappa shape index (κ1) is 14.7. The van der Waals surface area contributed by atoms with Gasteiger partial charge in [0.05, 0.1) is 5.02 Å². The third kappa shape index (κ3) is 3.68. The van der Waals surface area contributed by atoms with Crippen molar-refractivity contribution in [1.29, 1.82) is 0 Å². The molecule has 20 heavy (non-hydrogen) atoms. The smallest absolute Gasteiger partial charge is 0.266 e. The maximum atomic E-state index is 12.9. The van der Waals surface area contributed by atoms with Crippen LogP contribution in [-0.4, -0.2) is 17.0 Å². The number of carbonyl (C=O) groups is 1. The third-order valence-electron chi connectivity index (χ3n) is 2.42. The summed E-state index contributed by atoms with van der Waals surface area (Å²) in [5, 5.41) is 3.27. The maximum Gasteiger partial charge on any atom is 0.266 e. The Bertz CT molecular complexity index is 633. The van der Waals surface area contributed by atoms with Gasteiger partial charge < -0.3 is 4.74 Å². The molecule has 0 fully saturated rings. The molecule has 1 amide bonds. The van der Waals surface area contributed by atoms with Crippen LogP contribution in [0.5, 0.6) is 5.75 Å². The van der Waals surface area contributed by atoms with Crippen molar-refractivity contribution >= 4 is 34.0 Å². The van der Waals surface area contributed by atoms with Crippen molar-refractivity contribution in [2.24, 2.45) is 0 Å². The summed E-state index contributed by atoms with van der Waals surface area (Å²) in [6.45, 7) is 3.47. The van der Waals surface area contributed by atoms with E-state index in [0.29, 0.717) is 5.13 Å². The van der Waals surface area contributed by atoms with Gasteiger partial charge in [-0.15, -0.1) is 11.3 Å². The van der Waals surface area contributed by atoms with Gasteiger partial charge in [0, 0.05) is 11.1 Å². The van der Waals surface area contributed by atoms with E-state index in [1.807, 2.05) is 6.92 Å². The van der Waals surface area contributed by atoms with Gasteiger partial charge in [0.15, 0.2) is 11.2 Å². The second-order valence-corrected chi connectivity index (χ2v) is 5.74. The van der Waals surface area contributed by atoms with E-state index in [4.69, 9.17) is 16.3 Å². The summed E-state index contributed by atoms with van der Waals surface area (Å²) in [5.41, 5.74) is 0. The number of thiazole rings is 1. The molecule has 0 spiro atoms. The molecule has 0 aliphatic heterocycles. The fraction of sp³-hybridized carbons (Fsp3) is 0.231. The standard InChI is InChI=1S/C13H12ClFN2O2S/c1-7-6-16-13(20-7)17-12(18)8(2)19-11-4-3-9(15)5-10(11)14/h3-6,8H,1-2H3,(H,16,17,18). The van der Waals surface area contributed by atoms with E-state index >= 15 is 0 Å². The van der Waals surface area contributed by atoms with E-state index in [1.165, 1.54) is 23.5 Å². The predicted octanol–water partition coefficient (Wildman–Crippen LogP) is 3.65. The van der Waals surface area contributed by atoms with Crippen LogP contribution in [0.3, 0.4) is 0 Å². The number of benzene rings is 1. The zero-order valence-electron chi connectivity index (χ0n) is 10.8. The van der Waals surface area contributed by atoms with E-state index in [1.54, 1.807) is 13.1 Å². The SMILES string of the molecule is Cc1cnc(NC(=O)C(C)Oc2ccc(F)cc2Cl)s1. The van der Waals surface area contributed by atoms with Crippen LogP contribution in [0.2, 0.25) is 5.02 Å². The van der Waals surface area contributed by atoms with Crippen LogP contribution < -0.4 is 10.1 Å². The Balaban J connectivity index is 2.00. The van der Waals surface area contributed by atoms with E-state index in [9.17, 15) is 9.18 Å². The van der Waals surface area contributed by atoms with E-state index in [2.05, 4.69) is 10.3 Å². The molecular weight excluding hydrogens is 303 g/mol. The molecule has 1 N–H and O–H groups in total. The van der Waals surface area contributed by atoms with E-state index in [0.717, 1.165) is 10.9 Å². The van der Waals surface area contributed by atoms with Gasteiger partial charge in [-0.3, -0.25) is 10.1 Å². The number of nitrogens with zero attached hydrogens (tertiary/aromatic N) is 1. The lowest BCUT2D eigenvalue weighted by molar-refractivity contribution is -0.122. The second kappa shape index (κ2) is 6.19. The number of hydrogen-bond acceptors (Lipinski definition) is 4. The number of aromatic nitrogens is 1. The highest BCUT2D eigenvalue weighted by molar-refractivity contribution is 7.15. The summed E-state index contributed by atoms with van der Waals surface area (Å²) in [7, 11) is 0. The molecular formula is C13H12ClFN2O2S.